The molecule has 0 bridgehead atoms. The number of aromatic nitrogens is 1. The fraction of sp³-hybridized carbons (Fsp3) is 0.391. The van der Waals surface area contributed by atoms with Gasteiger partial charge in [0.25, 0.3) is 0 Å². The summed E-state index contributed by atoms with van der Waals surface area (Å²) < 4.78 is 10.7. The third kappa shape index (κ3) is 3.31. The molecule has 0 aliphatic carbocycles. The molecule has 168 valence electrons. The number of benzene rings is 1. The number of aromatic amines is 1. The number of hydrogen-bond acceptors (Lipinski definition) is 7. The van der Waals surface area contributed by atoms with E-state index in [0.29, 0.717) is 28.9 Å². The third-order valence-electron chi connectivity index (χ3n) is 5.81. The van der Waals surface area contributed by atoms with Crippen LogP contribution in [0.25, 0.3) is 0 Å². The number of thioether (sulfide) groups is 1. The van der Waals surface area contributed by atoms with E-state index in [-0.39, 0.29) is 24.6 Å². The average Bonchev–Trinajstić information content (AvgIpc) is 3.37. The van der Waals surface area contributed by atoms with Gasteiger partial charge >= 0.3 is 11.9 Å². The summed E-state index contributed by atoms with van der Waals surface area (Å²) in [5.74, 6) is -1.74. The number of hydrogen-bond donors (Lipinski definition) is 1. The van der Waals surface area contributed by atoms with E-state index < -0.39 is 28.7 Å². The number of H-pyrrole nitrogens is 1. The molecule has 2 aliphatic rings. The molecule has 9 heteroatoms. The Morgan fingerprint density at radius 3 is 2.69 bits per heavy atom. The Hall–Kier alpha value is -3.07. The van der Waals surface area contributed by atoms with Gasteiger partial charge in [0.2, 0.25) is 11.7 Å². The van der Waals surface area contributed by atoms with Crippen molar-refractivity contribution in [3.05, 3.63) is 46.8 Å². The minimum atomic E-state index is -1.20. The van der Waals surface area contributed by atoms with Crippen LogP contribution in [-0.4, -0.2) is 46.2 Å². The van der Waals surface area contributed by atoms with Crippen LogP contribution in [0.3, 0.4) is 0 Å². The highest BCUT2D eigenvalue weighted by Crippen LogP contribution is 2.56. The van der Waals surface area contributed by atoms with Crippen molar-refractivity contribution in [2.75, 3.05) is 11.5 Å². The Kier molecular flexibility index (Phi) is 5.62. The number of nitrogens with zero attached hydrogens (tertiary/aromatic N) is 1. The molecule has 1 fully saturated rings. The minimum Gasteiger partial charge on any atom is -0.462 e. The standard InChI is InChI=1S/C23H24N2O6S/c1-5-30-21(28)18-12(2)19(24-13(18)3)20(27)14(4)31-22(29)23-11-10-17(26)25(23)15-8-6-7-9-16(15)32-23/h6-9,14,24H,5,10-11H2,1-4H3/t14-,23+/m1/s1. The molecule has 32 heavy (non-hydrogen) atoms. The number of carbonyl (C=O) groups excluding carboxylic acids is 4. The monoisotopic (exact) mass is 456 g/mol. The van der Waals surface area contributed by atoms with Gasteiger partial charge in [0.15, 0.2) is 11.0 Å². The number of amides is 1. The van der Waals surface area contributed by atoms with Gasteiger partial charge in [0.1, 0.15) is 0 Å². The number of esters is 2. The summed E-state index contributed by atoms with van der Waals surface area (Å²) in [6.45, 7) is 6.75. The maximum Gasteiger partial charge on any atom is 0.344 e. The van der Waals surface area contributed by atoms with Gasteiger partial charge in [-0.15, -0.1) is 0 Å². The van der Waals surface area contributed by atoms with E-state index >= 15 is 0 Å². The van der Waals surface area contributed by atoms with Crippen LogP contribution in [-0.2, 0) is 19.1 Å². The van der Waals surface area contributed by atoms with Gasteiger partial charge < -0.3 is 14.5 Å². The molecule has 1 aromatic carbocycles. The summed E-state index contributed by atoms with van der Waals surface area (Å²) in [5, 5.41) is 0. The predicted molar refractivity (Wildman–Crippen MR) is 118 cm³/mol. The molecule has 2 atom stereocenters. The number of Topliss-reactive ketones (excluding diaryl/α,β-unsaturated/α-hetero) is 1. The number of aryl methyl sites for hydroxylation is 1. The number of ether oxygens (including phenoxy) is 2. The van der Waals surface area contributed by atoms with E-state index in [2.05, 4.69) is 4.98 Å². The molecular weight excluding hydrogens is 432 g/mol. The lowest BCUT2D eigenvalue weighted by molar-refractivity contribution is -0.149. The SMILES string of the molecule is CCOC(=O)c1c(C)[nH]c(C(=O)[C@@H](C)OC(=O)[C@@]23CCC(=O)N2c2ccccc2S3)c1C. The summed E-state index contributed by atoms with van der Waals surface area (Å²) >= 11 is 1.28. The van der Waals surface area contributed by atoms with E-state index in [4.69, 9.17) is 9.47 Å². The summed E-state index contributed by atoms with van der Waals surface area (Å²) in [6.07, 6.45) is -0.569. The molecule has 4 rings (SSSR count). The molecule has 1 amide bonds. The fourth-order valence-corrected chi connectivity index (χ4v) is 5.69. The van der Waals surface area contributed by atoms with Gasteiger partial charge in [-0.25, -0.2) is 9.59 Å². The molecule has 1 aromatic heterocycles. The Balaban J connectivity index is 1.56. The number of anilines is 1. The number of fused-ring (bicyclic) bond motifs is 3. The second kappa shape index (κ2) is 8.12. The van der Waals surface area contributed by atoms with Gasteiger partial charge in [-0.1, -0.05) is 23.9 Å². The maximum absolute atomic E-state index is 13.3. The highest BCUT2D eigenvalue weighted by atomic mass is 32.2. The van der Waals surface area contributed by atoms with Crippen LogP contribution in [0, 0.1) is 13.8 Å². The Labute approximate surface area is 189 Å². The number of rotatable bonds is 6. The summed E-state index contributed by atoms with van der Waals surface area (Å²) in [7, 11) is 0. The van der Waals surface area contributed by atoms with E-state index in [9.17, 15) is 19.2 Å². The molecule has 8 nitrogen and oxygen atoms in total. The van der Waals surface area contributed by atoms with Gasteiger partial charge in [-0.2, -0.15) is 0 Å². The Morgan fingerprint density at radius 1 is 1.25 bits per heavy atom. The molecule has 3 heterocycles. The second-order valence-corrected chi connectivity index (χ2v) is 9.16. The maximum atomic E-state index is 13.3. The van der Waals surface area contributed by atoms with Crippen molar-refractivity contribution in [1.82, 2.24) is 4.98 Å². The van der Waals surface area contributed by atoms with E-state index in [1.165, 1.54) is 23.6 Å². The molecule has 0 radical (unpaired) electrons. The van der Waals surface area contributed by atoms with E-state index in [1.807, 2.05) is 18.2 Å². The zero-order valence-electron chi connectivity index (χ0n) is 18.3. The summed E-state index contributed by atoms with van der Waals surface area (Å²) in [5.41, 5.74) is 2.15. The van der Waals surface area contributed by atoms with Crippen molar-refractivity contribution < 1.29 is 28.7 Å². The van der Waals surface area contributed by atoms with Crippen molar-refractivity contribution in [2.24, 2.45) is 0 Å². The highest BCUT2D eigenvalue weighted by Gasteiger charge is 2.59. The Bertz CT molecular complexity index is 1140. The molecule has 0 saturated carbocycles. The van der Waals surface area contributed by atoms with Crippen LogP contribution in [0.1, 0.15) is 58.8 Å². The van der Waals surface area contributed by atoms with Crippen LogP contribution < -0.4 is 4.90 Å². The molecule has 0 spiro atoms. The van der Waals surface area contributed by atoms with Gasteiger partial charge in [0, 0.05) is 23.4 Å². The fourth-order valence-electron chi connectivity index (χ4n) is 4.29. The molecule has 1 N–H and O–H groups in total. The normalized spacial score (nSPS) is 20.0. The van der Waals surface area contributed by atoms with Crippen LogP contribution >= 0.6 is 11.8 Å². The van der Waals surface area contributed by atoms with Gasteiger partial charge in [-0.3, -0.25) is 14.5 Å². The number of carbonyl (C=O) groups is 4. The molecule has 2 aromatic rings. The van der Waals surface area contributed by atoms with Crippen molar-refractivity contribution in [1.29, 1.82) is 0 Å². The average molecular weight is 457 g/mol. The first-order valence-corrected chi connectivity index (χ1v) is 11.3. The van der Waals surface area contributed by atoms with Crippen LogP contribution in [0.5, 0.6) is 0 Å². The topological polar surface area (TPSA) is 106 Å². The summed E-state index contributed by atoms with van der Waals surface area (Å²) in [6, 6.07) is 7.32. The lowest BCUT2D eigenvalue weighted by Gasteiger charge is -2.29. The van der Waals surface area contributed by atoms with Crippen molar-refractivity contribution in [2.45, 2.75) is 56.4 Å². The lowest BCUT2D eigenvalue weighted by Crippen LogP contribution is -2.49. The molecule has 1 saturated heterocycles. The highest BCUT2D eigenvalue weighted by molar-refractivity contribution is 8.02. The van der Waals surface area contributed by atoms with Crippen LogP contribution in [0.2, 0.25) is 0 Å². The molecule has 2 aliphatic heterocycles. The van der Waals surface area contributed by atoms with Gasteiger partial charge in [-0.05, 0) is 45.4 Å². The van der Waals surface area contributed by atoms with E-state index in [1.54, 1.807) is 26.8 Å². The predicted octanol–water partition coefficient (Wildman–Crippen LogP) is 3.55. The van der Waals surface area contributed by atoms with Crippen LogP contribution in [0.4, 0.5) is 5.69 Å². The summed E-state index contributed by atoms with van der Waals surface area (Å²) in [4.78, 5) is 55.2. The zero-order valence-corrected chi connectivity index (χ0v) is 19.1. The van der Waals surface area contributed by atoms with E-state index in [0.717, 1.165) is 4.90 Å². The zero-order chi connectivity index (χ0) is 23.2. The second-order valence-electron chi connectivity index (χ2n) is 7.84. The molecular formula is C23H24N2O6S. The van der Waals surface area contributed by atoms with Crippen molar-refractivity contribution in [3.8, 4) is 0 Å². The molecule has 0 unspecified atom stereocenters. The number of ketones is 1. The Morgan fingerprint density at radius 2 is 1.97 bits per heavy atom. The largest absolute Gasteiger partial charge is 0.462 e. The smallest absolute Gasteiger partial charge is 0.344 e. The van der Waals surface area contributed by atoms with Crippen LogP contribution in [0.15, 0.2) is 29.2 Å². The first kappa shape index (κ1) is 22.1. The minimum absolute atomic E-state index is 0.145. The number of para-hydroxylation sites is 1. The lowest BCUT2D eigenvalue weighted by atomic mass is 10.1. The first-order valence-electron chi connectivity index (χ1n) is 10.4. The number of nitrogens with one attached hydrogen (secondary N) is 1. The van der Waals surface area contributed by atoms with Crippen molar-refractivity contribution in [3.63, 3.8) is 0 Å². The first-order chi connectivity index (χ1) is 15.2. The van der Waals surface area contributed by atoms with Crippen molar-refractivity contribution >= 4 is 41.1 Å². The quantitative estimate of drug-likeness (QED) is 0.523. The third-order valence-corrected chi connectivity index (χ3v) is 7.26. The van der Waals surface area contributed by atoms with Gasteiger partial charge in [0.05, 0.1) is 23.6 Å².